The summed E-state index contributed by atoms with van der Waals surface area (Å²) in [6.45, 7) is 0. The average Bonchev–Trinajstić information content (AvgIpc) is 2.53. The molecule has 3 N–H and O–H groups in total. The highest BCUT2D eigenvalue weighted by Crippen LogP contribution is 2.20. The van der Waals surface area contributed by atoms with Crippen molar-refractivity contribution in [3.05, 3.63) is 53.7 Å². The number of carbonyl (C=O) groups excluding carboxylic acids is 1. The molecule has 1 heterocycles. The molecule has 0 spiro atoms. The molecule has 0 fully saturated rings. The van der Waals surface area contributed by atoms with Crippen LogP contribution >= 0.6 is 0 Å². The predicted octanol–water partition coefficient (Wildman–Crippen LogP) is 1.52. The maximum Gasteiger partial charge on any atom is 0.258 e. The number of nitrogens with one attached hydrogen (secondary N) is 1. The quantitative estimate of drug-likeness (QED) is 0.649. The topological polar surface area (TPSA) is 95.0 Å². The van der Waals surface area contributed by atoms with E-state index in [4.69, 9.17) is 11.1 Å². The largest absolute Gasteiger partial charge is 0.310 e. The average molecular weight is 267 g/mol. The second-order valence-electron chi connectivity index (χ2n) is 4.07. The van der Waals surface area contributed by atoms with Crippen LogP contribution in [0.15, 0.2) is 42.6 Å². The number of nitrogens with zero attached hydrogens (tertiary/aromatic N) is 3. The molecule has 20 heavy (non-hydrogen) atoms. The number of hydrogen-bond donors (Lipinski definition) is 2. The second-order valence-corrected chi connectivity index (χ2v) is 4.07. The van der Waals surface area contributed by atoms with Crippen molar-refractivity contribution >= 4 is 17.4 Å². The summed E-state index contributed by atoms with van der Waals surface area (Å²) < 4.78 is 0. The Morgan fingerprint density at radius 3 is 2.85 bits per heavy atom. The molecule has 6 heteroatoms. The van der Waals surface area contributed by atoms with Gasteiger partial charge in [0.2, 0.25) is 0 Å². The third kappa shape index (κ3) is 2.58. The zero-order chi connectivity index (χ0) is 14.5. The Labute approximate surface area is 116 Å². The molecule has 0 unspecified atom stereocenters. The van der Waals surface area contributed by atoms with Crippen molar-refractivity contribution in [2.24, 2.45) is 5.84 Å². The second kappa shape index (κ2) is 5.82. The minimum Gasteiger partial charge on any atom is -0.310 e. The third-order valence-corrected chi connectivity index (χ3v) is 2.85. The lowest BCUT2D eigenvalue weighted by Crippen LogP contribution is -2.27. The predicted molar refractivity (Wildman–Crippen MR) is 75.9 cm³/mol. The molecule has 0 saturated carbocycles. The van der Waals surface area contributed by atoms with E-state index in [1.807, 2.05) is 0 Å². The summed E-state index contributed by atoms with van der Waals surface area (Å²) in [5.74, 6) is 5.43. The van der Waals surface area contributed by atoms with Gasteiger partial charge in [0.25, 0.3) is 5.91 Å². The maximum absolute atomic E-state index is 12.4. The number of amides is 1. The van der Waals surface area contributed by atoms with E-state index in [-0.39, 0.29) is 5.91 Å². The molecule has 2 aromatic rings. The highest BCUT2D eigenvalue weighted by atomic mass is 16.2. The van der Waals surface area contributed by atoms with Crippen molar-refractivity contribution in [1.29, 1.82) is 5.26 Å². The fourth-order valence-electron chi connectivity index (χ4n) is 1.81. The van der Waals surface area contributed by atoms with Crippen LogP contribution in [0.25, 0.3) is 0 Å². The zero-order valence-electron chi connectivity index (χ0n) is 10.9. The van der Waals surface area contributed by atoms with Gasteiger partial charge in [-0.3, -0.25) is 4.79 Å². The number of anilines is 2. The Morgan fingerprint density at radius 1 is 1.40 bits per heavy atom. The first-order chi connectivity index (χ1) is 9.67. The van der Waals surface area contributed by atoms with Gasteiger partial charge < -0.3 is 10.3 Å². The molecule has 0 atom stereocenters. The molecule has 0 radical (unpaired) electrons. The van der Waals surface area contributed by atoms with Crippen LogP contribution in [0.4, 0.5) is 11.5 Å². The third-order valence-electron chi connectivity index (χ3n) is 2.85. The molecule has 2 rings (SSSR count). The number of nitrogen functional groups attached to an aromatic ring is 1. The van der Waals surface area contributed by atoms with Gasteiger partial charge in [-0.2, -0.15) is 5.26 Å². The summed E-state index contributed by atoms with van der Waals surface area (Å²) in [5, 5.41) is 9.08. The maximum atomic E-state index is 12.4. The number of aromatic nitrogens is 1. The van der Waals surface area contributed by atoms with Gasteiger partial charge in [0, 0.05) is 18.8 Å². The van der Waals surface area contributed by atoms with Crippen molar-refractivity contribution in [2.75, 3.05) is 17.4 Å². The standard InChI is InChI=1S/C14H13N5O/c1-19(12-5-3-2-4-11(12)9-15)14(20)10-6-7-17-13(8-10)18-16/h2-8H,16H2,1H3,(H,17,18). The lowest BCUT2D eigenvalue weighted by Gasteiger charge is -2.18. The lowest BCUT2D eigenvalue weighted by molar-refractivity contribution is 0.0993. The van der Waals surface area contributed by atoms with Gasteiger partial charge in [-0.25, -0.2) is 10.8 Å². The molecule has 100 valence electrons. The van der Waals surface area contributed by atoms with Crippen LogP contribution in [0.1, 0.15) is 15.9 Å². The van der Waals surface area contributed by atoms with Crippen molar-refractivity contribution < 1.29 is 4.79 Å². The van der Waals surface area contributed by atoms with Gasteiger partial charge in [0.15, 0.2) is 0 Å². The number of hydrazine groups is 1. The van der Waals surface area contributed by atoms with Gasteiger partial charge in [0.1, 0.15) is 11.9 Å². The first-order valence-electron chi connectivity index (χ1n) is 5.87. The molecular weight excluding hydrogens is 254 g/mol. The fraction of sp³-hybridized carbons (Fsp3) is 0.0714. The summed E-state index contributed by atoms with van der Waals surface area (Å²) in [7, 11) is 1.62. The van der Waals surface area contributed by atoms with Crippen LogP contribution in [0.5, 0.6) is 0 Å². The van der Waals surface area contributed by atoms with E-state index in [1.54, 1.807) is 43.4 Å². The molecule has 0 saturated heterocycles. The summed E-state index contributed by atoms with van der Waals surface area (Å²) in [4.78, 5) is 17.8. The van der Waals surface area contributed by atoms with E-state index in [0.717, 1.165) is 0 Å². The van der Waals surface area contributed by atoms with E-state index in [9.17, 15) is 4.79 Å². The van der Waals surface area contributed by atoms with Crippen LogP contribution in [-0.2, 0) is 0 Å². The Kier molecular flexibility index (Phi) is 3.93. The molecule has 0 aliphatic rings. The molecule has 1 aromatic carbocycles. The van der Waals surface area contributed by atoms with E-state index < -0.39 is 0 Å². The first kappa shape index (κ1) is 13.5. The number of benzene rings is 1. The zero-order valence-corrected chi connectivity index (χ0v) is 10.9. The number of hydrogen-bond acceptors (Lipinski definition) is 5. The highest BCUT2D eigenvalue weighted by molar-refractivity contribution is 6.06. The van der Waals surface area contributed by atoms with Crippen molar-refractivity contribution in [3.8, 4) is 6.07 Å². The van der Waals surface area contributed by atoms with Gasteiger partial charge >= 0.3 is 0 Å². The van der Waals surface area contributed by atoms with Crippen LogP contribution in [0.3, 0.4) is 0 Å². The first-order valence-corrected chi connectivity index (χ1v) is 5.87. The van der Waals surface area contributed by atoms with E-state index in [0.29, 0.717) is 22.6 Å². The van der Waals surface area contributed by atoms with E-state index >= 15 is 0 Å². The highest BCUT2D eigenvalue weighted by Gasteiger charge is 2.16. The molecule has 1 aromatic heterocycles. The number of nitriles is 1. The Morgan fingerprint density at radius 2 is 2.15 bits per heavy atom. The molecule has 6 nitrogen and oxygen atoms in total. The normalized spacial score (nSPS) is 9.65. The molecular formula is C14H13N5O. The van der Waals surface area contributed by atoms with Gasteiger partial charge in [-0.05, 0) is 24.3 Å². The Hall–Kier alpha value is -2.91. The molecule has 0 aliphatic carbocycles. The fourth-order valence-corrected chi connectivity index (χ4v) is 1.81. The summed E-state index contributed by atoms with van der Waals surface area (Å²) >= 11 is 0. The number of rotatable bonds is 3. The monoisotopic (exact) mass is 267 g/mol. The number of nitrogens with two attached hydrogens (primary N) is 1. The number of pyridine rings is 1. The summed E-state index contributed by atoms with van der Waals surface area (Å²) in [6.07, 6.45) is 1.49. The van der Waals surface area contributed by atoms with Crippen LogP contribution in [0, 0.1) is 11.3 Å². The Balaban J connectivity index is 2.35. The van der Waals surface area contributed by atoms with Crippen molar-refractivity contribution in [3.63, 3.8) is 0 Å². The summed E-state index contributed by atoms with van der Waals surface area (Å²) in [5.41, 5.74) is 3.82. The molecule has 0 aliphatic heterocycles. The van der Waals surface area contributed by atoms with Gasteiger partial charge in [-0.1, -0.05) is 12.1 Å². The number of para-hydroxylation sites is 1. The minimum atomic E-state index is -0.244. The van der Waals surface area contributed by atoms with Gasteiger partial charge in [-0.15, -0.1) is 0 Å². The minimum absolute atomic E-state index is 0.244. The number of carbonyl (C=O) groups is 1. The van der Waals surface area contributed by atoms with Crippen molar-refractivity contribution in [2.45, 2.75) is 0 Å². The van der Waals surface area contributed by atoms with Crippen molar-refractivity contribution in [1.82, 2.24) is 4.98 Å². The SMILES string of the molecule is CN(C(=O)c1ccnc(NN)c1)c1ccccc1C#N. The Bertz CT molecular complexity index is 677. The van der Waals surface area contributed by atoms with E-state index in [1.165, 1.54) is 11.1 Å². The van der Waals surface area contributed by atoms with E-state index in [2.05, 4.69) is 16.5 Å². The van der Waals surface area contributed by atoms with Crippen LogP contribution in [0.2, 0.25) is 0 Å². The molecule has 0 bridgehead atoms. The van der Waals surface area contributed by atoms with Gasteiger partial charge in [0.05, 0.1) is 11.3 Å². The lowest BCUT2D eigenvalue weighted by atomic mass is 10.1. The summed E-state index contributed by atoms with van der Waals surface area (Å²) in [6, 6.07) is 12.1. The van der Waals surface area contributed by atoms with Crippen LogP contribution < -0.4 is 16.2 Å². The smallest absolute Gasteiger partial charge is 0.258 e. The van der Waals surface area contributed by atoms with Crippen LogP contribution in [-0.4, -0.2) is 17.9 Å². The molecule has 1 amide bonds.